The van der Waals surface area contributed by atoms with Gasteiger partial charge < -0.3 is 21.1 Å². The molecule has 0 bridgehead atoms. The van der Waals surface area contributed by atoms with Crippen LogP contribution in [0.5, 0.6) is 0 Å². The molecule has 1 saturated carbocycles. The minimum atomic E-state index is -0.378. The van der Waals surface area contributed by atoms with E-state index in [-0.39, 0.29) is 30.5 Å². The number of ether oxygens (including phenoxy) is 1. The second-order valence-corrected chi connectivity index (χ2v) is 9.08. The van der Waals surface area contributed by atoms with Gasteiger partial charge in [0.05, 0.1) is 7.11 Å². The lowest BCUT2D eigenvalue weighted by Crippen LogP contribution is -2.40. The number of anilines is 1. The molecule has 2 aromatic heterocycles. The van der Waals surface area contributed by atoms with Gasteiger partial charge in [0.1, 0.15) is 23.7 Å². The fourth-order valence-electron chi connectivity index (χ4n) is 4.07. The number of nitrogens with two attached hydrogens (primary N) is 1. The Kier molecular flexibility index (Phi) is 7.20. The third-order valence-electron chi connectivity index (χ3n) is 5.99. The van der Waals surface area contributed by atoms with Crippen molar-refractivity contribution in [1.29, 1.82) is 0 Å². The minimum absolute atomic E-state index is 0.00619. The number of hydrogen-bond acceptors (Lipinski definition) is 7. The van der Waals surface area contributed by atoms with E-state index in [9.17, 15) is 9.59 Å². The monoisotopic (exact) mass is 467 g/mol. The van der Waals surface area contributed by atoms with Crippen LogP contribution in [-0.2, 0) is 9.53 Å². The highest BCUT2D eigenvalue weighted by Crippen LogP contribution is 2.30. The van der Waals surface area contributed by atoms with Gasteiger partial charge in [-0.3, -0.25) is 14.0 Å². The van der Waals surface area contributed by atoms with Crippen LogP contribution in [0.15, 0.2) is 47.5 Å². The molecule has 4 N–H and O–H groups in total. The number of aromatic nitrogens is 2. The summed E-state index contributed by atoms with van der Waals surface area (Å²) in [5.41, 5.74) is 8.75. The summed E-state index contributed by atoms with van der Waals surface area (Å²) in [6.45, 7) is 0.00619. The number of imidazole rings is 1. The smallest absolute Gasteiger partial charge is 0.325 e. The van der Waals surface area contributed by atoms with Gasteiger partial charge in [-0.15, -0.1) is 11.8 Å². The molecule has 4 rings (SSSR count). The second kappa shape index (κ2) is 10.3. The van der Waals surface area contributed by atoms with Crippen molar-refractivity contribution in [2.24, 2.45) is 5.73 Å². The van der Waals surface area contributed by atoms with Crippen molar-refractivity contribution in [2.45, 2.75) is 42.7 Å². The zero-order valence-corrected chi connectivity index (χ0v) is 19.7. The largest absolute Gasteiger partial charge is 0.468 e. The number of benzene rings is 1. The third kappa shape index (κ3) is 5.31. The maximum Gasteiger partial charge on any atom is 0.325 e. The molecule has 1 aromatic carbocycles. The second-order valence-electron chi connectivity index (χ2n) is 8.20. The Bertz CT molecular complexity index is 1140. The van der Waals surface area contributed by atoms with Crippen molar-refractivity contribution in [2.75, 3.05) is 25.2 Å². The molecule has 3 aromatic rings. The molecule has 0 saturated heterocycles. The number of amides is 1. The Hall–Kier alpha value is -3.04. The zero-order valence-electron chi connectivity index (χ0n) is 18.8. The maximum absolute atomic E-state index is 12.9. The van der Waals surface area contributed by atoms with Crippen molar-refractivity contribution in [3.05, 3.63) is 48.2 Å². The molecule has 1 fully saturated rings. The lowest BCUT2D eigenvalue weighted by atomic mass is 9.91. The highest BCUT2D eigenvalue weighted by atomic mass is 32.2. The number of thioether (sulfide) groups is 1. The van der Waals surface area contributed by atoms with Gasteiger partial charge in [0.25, 0.3) is 5.91 Å². The number of nitrogens with zero attached hydrogens (tertiary/aromatic N) is 2. The summed E-state index contributed by atoms with van der Waals surface area (Å²) >= 11 is 1.66. The van der Waals surface area contributed by atoms with Gasteiger partial charge in [0, 0.05) is 34.3 Å². The quantitative estimate of drug-likeness (QED) is 0.361. The van der Waals surface area contributed by atoms with Gasteiger partial charge >= 0.3 is 5.97 Å². The van der Waals surface area contributed by atoms with Crippen LogP contribution in [0.2, 0.25) is 0 Å². The first-order chi connectivity index (χ1) is 16.0. The van der Waals surface area contributed by atoms with E-state index in [2.05, 4.69) is 10.6 Å². The Morgan fingerprint density at radius 3 is 2.58 bits per heavy atom. The predicted molar refractivity (Wildman–Crippen MR) is 131 cm³/mol. The number of carbonyl (C=O) groups excluding carboxylic acids is 2. The average molecular weight is 468 g/mol. The molecule has 0 spiro atoms. The Morgan fingerprint density at radius 1 is 1.18 bits per heavy atom. The molecule has 1 aliphatic carbocycles. The Balaban J connectivity index is 1.64. The van der Waals surface area contributed by atoms with Crippen LogP contribution in [0.3, 0.4) is 0 Å². The lowest BCUT2D eigenvalue weighted by Gasteiger charge is -2.26. The highest BCUT2D eigenvalue weighted by molar-refractivity contribution is 7.98. The van der Waals surface area contributed by atoms with E-state index in [0.29, 0.717) is 22.7 Å². The molecule has 0 radical (unpaired) electrons. The standard InChI is InChI=1S/C24H29N5O3S/c1-32-21(30)14-26-23-22(15-3-9-19(33-2)10-4-15)28-20-13-16(11-12-29(20)23)24(31)27-18-7-5-17(25)6-8-18/h3-4,9-13,17-18,26H,5-8,14,25H2,1-2H3,(H,27,31). The molecular weight excluding hydrogens is 438 g/mol. The first kappa shape index (κ1) is 23.1. The number of fused-ring (bicyclic) bond motifs is 1. The van der Waals surface area contributed by atoms with E-state index < -0.39 is 0 Å². The number of methoxy groups -OCH3 is 1. The van der Waals surface area contributed by atoms with Crippen molar-refractivity contribution < 1.29 is 14.3 Å². The van der Waals surface area contributed by atoms with Crippen LogP contribution in [0.1, 0.15) is 36.0 Å². The van der Waals surface area contributed by atoms with E-state index in [1.54, 1.807) is 30.1 Å². The number of pyridine rings is 1. The lowest BCUT2D eigenvalue weighted by molar-refractivity contribution is -0.138. The van der Waals surface area contributed by atoms with E-state index in [1.807, 2.05) is 34.9 Å². The fraction of sp³-hybridized carbons (Fsp3) is 0.375. The average Bonchev–Trinajstić information content (AvgIpc) is 3.21. The molecule has 1 amide bonds. The zero-order chi connectivity index (χ0) is 23.4. The molecule has 0 aliphatic heterocycles. The van der Waals surface area contributed by atoms with E-state index in [0.717, 1.165) is 36.1 Å². The Labute approximate surface area is 197 Å². The highest BCUT2D eigenvalue weighted by Gasteiger charge is 2.22. The molecule has 174 valence electrons. The summed E-state index contributed by atoms with van der Waals surface area (Å²) in [6.07, 6.45) is 7.48. The fourth-order valence-corrected chi connectivity index (χ4v) is 4.47. The molecule has 33 heavy (non-hydrogen) atoms. The number of carbonyl (C=O) groups is 2. The van der Waals surface area contributed by atoms with E-state index >= 15 is 0 Å². The number of esters is 1. The number of rotatable bonds is 7. The van der Waals surface area contributed by atoms with E-state index in [4.69, 9.17) is 15.5 Å². The normalized spacial score (nSPS) is 18.2. The van der Waals surface area contributed by atoms with Gasteiger partial charge in [0.15, 0.2) is 0 Å². The first-order valence-corrected chi connectivity index (χ1v) is 12.2. The third-order valence-corrected chi connectivity index (χ3v) is 6.73. The van der Waals surface area contributed by atoms with E-state index in [1.165, 1.54) is 7.11 Å². The topological polar surface area (TPSA) is 111 Å². The van der Waals surface area contributed by atoms with Crippen LogP contribution in [0.4, 0.5) is 5.82 Å². The van der Waals surface area contributed by atoms with Gasteiger partial charge in [0.2, 0.25) is 0 Å². The molecule has 1 aliphatic rings. The SMILES string of the molecule is COC(=O)CNc1c(-c2ccc(SC)cc2)nc2cc(C(=O)NC3CCC(N)CC3)ccn12. The van der Waals surface area contributed by atoms with Gasteiger partial charge in [-0.2, -0.15) is 0 Å². The van der Waals surface area contributed by atoms with Crippen molar-refractivity contribution in [3.8, 4) is 11.3 Å². The maximum atomic E-state index is 12.9. The van der Waals surface area contributed by atoms with Crippen LogP contribution < -0.4 is 16.4 Å². The summed E-state index contributed by atoms with van der Waals surface area (Å²) in [5, 5.41) is 6.26. The van der Waals surface area contributed by atoms with Crippen LogP contribution >= 0.6 is 11.8 Å². The summed E-state index contributed by atoms with van der Waals surface area (Å²) in [7, 11) is 1.35. The molecular formula is C24H29N5O3S. The summed E-state index contributed by atoms with van der Waals surface area (Å²) < 4.78 is 6.62. The van der Waals surface area contributed by atoms with Crippen molar-refractivity contribution in [1.82, 2.24) is 14.7 Å². The Morgan fingerprint density at radius 2 is 1.91 bits per heavy atom. The van der Waals surface area contributed by atoms with Crippen LogP contribution in [-0.4, -0.2) is 53.3 Å². The van der Waals surface area contributed by atoms with Gasteiger partial charge in [-0.25, -0.2) is 4.98 Å². The first-order valence-electron chi connectivity index (χ1n) is 11.0. The molecule has 0 atom stereocenters. The number of nitrogens with one attached hydrogen (secondary N) is 2. The van der Waals surface area contributed by atoms with Crippen molar-refractivity contribution in [3.63, 3.8) is 0 Å². The summed E-state index contributed by atoms with van der Waals surface area (Å²) in [5.74, 6) is 0.174. The number of hydrogen-bond donors (Lipinski definition) is 3. The molecule has 9 heteroatoms. The van der Waals surface area contributed by atoms with Crippen molar-refractivity contribution >= 4 is 35.1 Å². The van der Waals surface area contributed by atoms with Crippen LogP contribution in [0.25, 0.3) is 16.9 Å². The van der Waals surface area contributed by atoms with Gasteiger partial charge in [-0.1, -0.05) is 12.1 Å². The molecule has 2 heterocycles. The van der Waals surface area contributed by atoms with Crippen LogP contribution in [0, 0.1) is 0 Å². The summed E-state index contributed by atoms with van der Waals surface area (Å²) in [4.78, 5) is 30.5. The summed E-state index contributed by atoms with van der Waals surface area (Å²) in [6, 6.07) is 12.0. The molecule has 0 unspecified atom stereocenters. The predicted octanol–water partition coefficient (Wildman–Crippen LogP) is 3.31. The van der Waals surface area contributed by atoms with Gasteiger partial charge in [-0.05, 0) is 56.2 Å². The minimum Gasteiger partial charge on any atom is -0.468 e. The molecule has 8 nitrogen and oxygen atoms in total.